The Morgan fingerprint density at radius 1 is 0.860 bits per heavy atom. The van der Waals surface area contributed by atoms with Crippen LogP contribution in [0.3, 0.4) is 0 Å². The number of phenols is 1. The molecule has 2 aromatic carbocycles. The van der Waals surface area contributed by atoms with Crippen LogP contribution in [-0.2, 0) is 23.5 Å². The third kappa shape index (κ3) is 9.58. The van der Waals surface area contributed by atoms with Gasteiger partial charge in [-0.15, -0.1) is 24.8 Å². The number of carbonyl (C=O) groups excluding carboxylic acids is 1. The molecule has 0 saturated carbocycles. The molecule has 0 radical (unpaired) electrons. The summed E-state index contributed by atoms with van der Waals surface area (Å²) in [4.78, 5) is 19.1. The lowest BCUT2D eigenvalue weighted by atomic mass is 9.99. The van der Waals surface area contributed by atoms with E-state index in [2.05, 4.69) is 9.80 Å². The smallest absolute Gasteiger partial charge is 0.416 e. The topological polar surface area (TPSA) is 56.2 Å². The first-order chi connectivity index (χ1) is 19.1. The summed E-state index contributed by atoms with van der Waals surface area (Å²) in [6, 6.07) is 3.87. The van der Waals surface area contributed by atoms with Crippen molar-refractivity contribution in [3.05, 3.63) is 64.5 Å². The molecule has 0 spiro atoms. The first-order valence-electron chi connectivity index (χ1n) is 13.3. The van der Waals surface area contributed by atoms with Crippen LogP contribution in [0.2, 0.25) is 0 Å². The van der Waals surface area contributed by atoms with Crippen molar-refractivity contribution >= 4 is 30.7 Å². The maximum Gasteiger partial charge on any atom is 0.416 e. The van der Waals surface area contributed by atoms with Crippen LogP contribution in [0, 0.1) is 5.82 Å². The third-order valence-corrected chi connectivity index (χ3v) is 7.37. The van der Waals surface area contributed by atoms with Gasteiger partial charge in [-0.3, -0.25) is 14.6 Å². The summed E-state index contributed by atoms with van der Waals surface area (Å²) >= 11 is 0. The van der Waals surface area contributed by atoms with Gasteiger partial charge >= 0.3 is 12.4 Å². The molecule has 3 atom stereocenters. The van der Waals surface area contributed by atoms with Crippen molar-refractivity contribution in [2.45, 2.75) is 50.9 Å². The lowest BCUT2D eigenvalue weighted by Gasteiger charge is -2.43. The van der Waals surface area contributed by atoms with Gasteiger partial charge in [0.1, 0.15) is 0 Å². The lowest BCUT2D eigenvalue weighted by molar-refractivity contribution is -0.143. The highest BCUT2D eigenvalue weighted by molar-refractivity contribution is 5.95. The number of ether oxygens (including phenoxy) is 1. The van der Waals surface area contributed by atoms with Crippen molar-refractivity contribution in [2.75, 3.05) is 45.8 Å². The first-order valence-corrected chi connectivity index (χ1v) is 13.3. The maximum absolute atomic E-state index is 13.6. The van der Waals surface area contributed by atoms with Crippen molar-refractivity contribution in [3.63, 3.8) is 0 Å². The monoisotopic (exact) mass is 663 g/mol. The summed E-state index contributed by atoms with van der Waals surface area (Å²) in [6.07, 6.45) is -9.93. The Morgan fingerprint density at radius 3 is 1.95 bits per heavy atom. The van der Waals surface area contributed by atoms with Gasteiger partial charge < -0.3 is 14.7 Å². The highest BCUT2D eigenvalue weighted by Gasteiger charge is 2.39. The minimum absolute atomic E-state index is 0. The zero-order valence-corrected chi connectivity index (χ0v) is 25.1. The van der Waals surface area contributed by atoms with E-state index in [4.69, 9.17) is 4.74 Å². The van der Waals surface area contributed by atoms with E-state index in [-0.39, 0.29) is 62.6 Å². The van der Waals surface area contributed by atoms with Crippen molar-refractivity contribution in [1.82, 2.24) is 14.7 Å². The minimum Gasteiger partial charge on any atom is -0.505 e. The van der Waals surface area contributed by atoms with E-state index in [0.29, 0.717) is 37.3 Å². The van der Waals surface area contributed by atoms with Crippen LogP contribution >= 0.6 is 24.8 Å². The molecule has 2 saturated heterocycles. The highest BCUT2D eigenvalue weighted by Crippen LogP contribution is 2.37. The summed E-state index contributed by atoms with van der Waals surface area (Å²) in [7, 11) is 0. The molecule has 4 rings (SSSR count). The van der Waals surface area contributed by atoms with E-state index in [1.54, 1.807) is 0 Å². The fourth-order valence-electron chi connectivity index (χ4n) is 5.52. The highest BCUT2D eigenvalue weighted by atomic mass is 35.5. The number of amides is 1. The van der Waals surface area contributed by atoms with Gasteiger partial charge in [-0.25, -0.2) is 4.39 Å². The van der Waals surface area contributed by atoms with Crippen LogP contribution in [-0.4, -0.2) is 89.8 Å². The number of aromatic hydroxyl groups is 1. The third-order valence-electron chi connectivity index (χ3n) is 7.37. The van der Waals surface area contributed by atoms with Gasteiger partial charge in [-0.1, -0.05) is 6.07 Å². The van der Waals surface area contributed by atoms with Crippen LogP contribution in [0.25, 0.3) is 0 Å². The van der Waals surface area contributed by atoms with Gasteiger partial charge in [0.15, 0.2) is 11.6 Å². The van der Waals surface area contributed by atoms with Crippen LogP contribution < -0.4 is 0 Å². The SMILES string of the molecule is C[C@@H]1CN(CCN2CCN(C(=O)c3cc(C(F)(F)F)cc(C(F)(F)F)c3)[C@H](Cc3ccc(F)c(O)c3)C2)C[C@H](C)O1.Cl.Cl. The lowest BCUT2D eigenvalue weighted by Crippen LogP contribution is -2.57. The molecular formula is C28H34Cl2F7N3O3. The molecule has 1 amide bonds. The average molecular weight is 664 g/mol. The second kappa shape index (κ2) is 14.6. The Labute approximate surface area is 257 Å². The molecule has 0 aromatic heterocycles. The van der Waals surface area contributed by atoms with Gasteiger partial charge in [0.2, 0.25) is 0 Å². The zero-order valence-electron chi connectivity index (χ0n) is 23.4. The molecule has 0 aliphatic carbocycles. The molecule has 2 fully saturated rings. The Bertz CT molecular complexity index is 1210. The molecule has 2 aliphatic heterocycles. The van der Waals surface area contributed by atoms with Gasteiger partial charge in [0, 0.05) is 57.4 Å². The standard InChI is InChI=1S/C28H32F7N3O3.2ClH/c1-17-14-37(15-18(2)41-17)6-5-36-7-8-38(23(16-36)9-19-3-4-24(29)25(39)10-19)26(40)20-11-21(27(30,31)32)13-22(12-20)28(33,34)35;;/h3-4,10-13,17-18,23,39H,5-9,14-16H2,1-2H3;2*1H/t17-,18+,23-;;/m1../s1. The molecule has 0 unspecified atom stereocenters. The molecule has 242 valence electrons. The number of rotatable bonds is 6. The molecule has 0 bridgehead atoms. The van der Waals surface area contributed by atoms with Crippen LogP contribution in [0.4, 0.5) is 30.7 Å². The molecule has 15 heteroatoms. The van der Waals surface area contributed by atoms with Crippen molar-refractivity contribution in [3.8, 4) is 5.75 Å². The zero-order chi connectivity index (χ0) is 30.1. The molecule has 2 aromatic rings. The van der Waals surface area contributed by atoms with E-state index in [0.717, 1.165) is 19.2 Å². The molecule has 6 nitrogen and oxygen atoms in total. The van der Waals surface area contributed by atoms with Crippen LogP contribution in [0.5, 0.6) is 5.75 Å². The maximum atomic E-state index is 13.6. The number of phenolic OH excluding ortho intramolecular Hbond substituents is 1. The van der Waals surface area contributed by atoms with E-state index in [1.165, 1.54) is 17.0 Å². The molecule has 43 heavy (non-hydrogen) atoms. The number of benzene rings is 2. The number of carbonyl (C=O) groups is 1. The molecule has 1 N–H and O–H groups in total. The van der Waals surface area contributed by atoms with Crippen molar-refractivity contribution < 1.29 is 45.4 Å². The van der Waals surface area contributed by atoms with Gasteiger partial charge in [-0.05, 0) is 56.2 Å². The Balaban J connectivity index is 0.00000323. The van der Waals surface area contributed by atoms with E-state index in [1.807, 2.05) is 13.8 Å². The minimum atomic E-state index is -5.09. The number of hydrogen-bond acceptors (Lipinski definition) is 5. The largest absolute Gasteiger partial charge is 0.505 e. The predicted octanol–water partition coefficient (Wildman–Crippen LogP) is 5.89. The molecule has 2 aliphatic rings. The Morgan fingerprint density at radius 2 is 1.42 bits per heavy atom. The van der Waals surface area contributed by atoms with E-state index in [9.17, 15) is 40.6 Å². The van der Waals surface area contributed by atoms with Gasteiger partial charge in [0.05, 0.1) is 23.3 Å². The summed E-state index contributed by atoms with van der Waals surface area (Å²) in [5.74, 6) is -2.41. The number of alkyl halides is 6. The second-order valence-corrected chi connectivity index (χ2v) is 10.8. The van der Waals surface area contributed by atoms with Gasteiger partial charge in [-0.2, -0.15) is 26.3 Å². The van der Waals surface area contributed by atoms with Crippen molar-refractivity contribution in [2.24, 2.45) is 0 Å². The van der Waals surface area contributed by atoms with Crippen LogP contribution in [0.1, 0.15) is 40.9 Å². The summed E-state index contributed by atoms with van der Waals surface area (Å²) in [5.41, 5.74) is -3.39. The Kier molecular flexibility index (Phi) is 12.6. The predicted molar refractivity (Wildman–Crippen MR) is 150 cm³/mol. The fraction of sp³-hybridized carbons (Fsp3) is 0.536. The summed E-state index contributed by atoms with van der Waals surface area (Å²) in [5, 5.41) is 9.82. The average Bonchev–Trinajstić information content (AvgIpc) is 2.87. The second-order valence-electron chi connectivity index (χ2n) is 10.8. The van der Waals surface area contributed by atoms with E-state index < -0.39 is 52.6 Å². The first kappa shape index (κ1) is 36.9. The van der Waals surface area contributed by atoms with E-state index >= 15 is 0 Å². The normalized spacial score (nSPS) is 22.1. The summed E-state index contributed by atoms with van der Waals surface area (Å²) < 4.78 is 100. The summed E-state index contributed by atoms with van der Waals surface area (Å²) in [6.45, 7) is 7.49. The Hall–Kier alpha value is -2.32. The number of halogens is 9. The number of morpholine rings is 1. The number of nitrogens with zero attached hydrogens (tertiary/aromatic N) is 3. The number of piperazine rings is 1. The van der Waals surface area contributed by atoms with Crippen LogP contribution in [0.15, 0.2) is 36.4 Å². The molecule has 2 heterocycles. The molecular weight excluding hydrogens is 630 g/mol. The number of hydrogen-bond donors (Lipinski definition) is 1. The quantitative estimate of drug-likeness (QED) is 0.391. The van der Waals surface area contributed by atoms with Gasteiger partial charge in [0.25, 0.3) is 5.91 Å². The fourth-order valence-corrected chi connectivity index (χ4v) is 5.52. The van der Waals surface area contributed by atoms with Crippen molar-refractivity contribution in [1.29, 1.82) is 0 Å².